The maximum atomic E-state index is 13.3. The van der Waals surface area contributed by atoms with Crippen LogP contribution in [0.3, 0.4) is 0 Å². The molecule has 0 bridgehead atoms. The number of carbonyl (C=O) groups excluding carboxylic acids is 1. The van der Waals surface area contributed by atoms with Crippen LogP contribution in [0.2, 0.25) is 10.0 Å². The van der Waals surface area contributed by atoms with Gasteiger partial charge in [-0.2, -0.15) is 0 Å². The number of fused-ring (bicyclic) bond motifs is 1. The van der Waals surface area contributed by atoms with Crippen LogP contribution in [-0.2, 0) is 0 Å². The lowest BCUT2D eigenvalue weighted by Gasteiger charge is -2.07. The second kappa shape index (κ2) is 6.40. The monoisotopic (exact) mass is 365 g/mol. The Balaban J connectivity index is 1.96. The predicted molar refractivity (Wildman–Crippen MR) is 103 cm³/mol. The summed E-state index contributed by atoms with van der Waals surface area (Å²) >= 11 is 12.1. The van der Waals surface area contributed by atoms with Crippen LogP contribution in [0.25, 0.3) is 16.6 Å². The van der Waals surface area contributed by atoms with Crippen molar-refractivity contribution < 1.29 is 4.79 Å². The number of nitrogens with zero attached hydrogens (tertiary/aromatic N) is 1. The maximum Gasteiger partial charge on any atom is 0.210 e. The molecule has 122 valence electrons. The lowest BCUT2D eigenvalue weighted by atomic mass is 10.0. The number of aromatic nitrogens is 1. The Labute approximate surface area is 155 Å². The summed E-state index contributed by atoms with van der Waals surface area (Å²) in [7, 11) is 0. The van der Waals surface area contributed by atoms with Gasteiger partial charge >= 0.3 is 0 Å². The van der Waals surface area contributed by atoms with Gasteiger partial charge in [-0.05, 0) is 42.0 Å². The van der Waals surface area contributed by atoms with Gasteiger partial charge in [-0.25, -0.2) is 0 Å². The van der Waals surface area contributed by atoms with Crippen molar-refractivity contribution in [2.75, 3.05) is 0 Å². The highest BCUT2D eigenvalue weighted by molar-refractivity contribution is 6.42. The number of benzene rings is 2. The molecule has 0 atom stereocenters. The van der Waals surface area contributed by atoms with Crippen LogP contribution in [0.5, 0.6) is 0 Å². The van der Waals surface area contributed by atoms with E-state index >= 15 is 0 Å². The number of hydrogen-bond acceptors (Lipinski definition) is 1. The Hall–Kier alpha value is -2.55. The molecule has 25 heavy (non-hydrogen) atoms. The topological polar surface area (TPSA) is 21.5 Å². The van der Waals surface area contributed by atoms with Gasteiger partial charge in [0.2, 0.25) is 5.78 Å². The summed E-state index contributed by atoms with van der Waals surface area (Å²) in [6.07, 6.45) is 1.90. The van der Waals surface area contributed by atoms with Crippen molar-refractivity contribution >= 4 is 34.5 Å². The van der Waals surface area contributed by atoms with Crippen LogP contribution in [0, 0.1) is 0 Å². The molecule has 4 heteroatoms. The molecule has 0 unspecified atom stereocenters. The van der Waals surface area contributed by atoms with E-state index in [9.17, 15) is 4.79 Å². The fraction of sp³-hybridized carbons (Fsp3) is 0. The number of ketones is 1. The van der Waals surface area contributed by atoms with Gasteiger partial charge in [0, 0.05) is 22.8 Å². The van der Waals surface area contributed by atoms with Gasteiger partial charge in [0.15, 0.2) is 0 Å². The van der Waals surface area contributed by atoms with Crippen LogP contribution in [0.15, 0.2) is 79.0 Å². The first-order valence-corrected chi connectivity index (χ1v) is 8.56. The number of halogens is 2. The molecule has 0 N–H and O–H groups in total. The fourth-order valence-electron chi connectivity index (χ4n) is 2.97. The predicted octanol–water partition coefficient (Wildman–Crippen LogP) is 6.14. The van der Waals surface area contributed by atoms with Crippen molar-refractivity contribution in [3.8, 4) is 11.1 Å². The second-order valence-corrected chi connectivity index (χ2v) is 6.54. The van der Waals surface area contributed by atoms with Gasteiger partial charge in [-0.3, -0.25) is 4.79 Å². The molecule has 2 heterocycles. The standard InChI is InChI=1S/C21H13Cl2NO/c22-18-10-9-15(12-19(18)23)21(25)20-17(14-6-2-1-3-7-14)13-16-8-4-5-11-24(16)20/h1-13H. The van der Waals surface area contributed by atoms with Crippen molar-refractivity contribution in [1.29, 1.82) is 0 Å². The van der Waals surface area contributed by atoms with Crippen molar-refractivity contribution in [2.24, 2.45) is 0 Å². The fourth-order valence-corrected chi connectivity index (χ4v) is 3.27. The number of rotatable bonds is 3. The summed E-state index contributed by atoms with van der Waals surface area (Å²) in [5.74, 6) is -0.0939. The van der Waals surface area contributed by atoms with Crippen molar-refractivity contribution in [2.45, 2.75) is 0 Å². The Morgan fingerprint density at radius 1 is 0.800 bits per heavy atom. The number of hydrogen-bond donors (Lipinski definition) is 0. The molecule has 0 aliphatic heterocycles. The highest BCUT2D eigenvalue weighted by Crippen LogP contribution is 2.31. The molecular weight excluding hydrogens is 353 g/mol. The lowest BCUT2D eigenvalue weighted by molar-refractivity contribution is 0.103. The van der Waals surface area contributed by atoms with Crippen LogP contribution in [0.1, 0.15) is 16.1 Å². The van der Waals surface area contributed by atoms with Crippen LogP contribution >= 0.6 is 23.2 Å². The van der Waals surface area contributed by atoms with Crippen molar-refractivity contribution in [3.05, 3.63) is 100 Å². The lowest BCUT2D eigenvalue weighted by Crippen LogP contribution is -2.07. The van der Waals surface area contributed by atoms with Crippen molar-refractivity contribution in [1.82, 2.24) is 4.40 Å². The molecule has 0 spiro atoms. The van der Waals surface area contributed by atoms with E-state index < -0.39 is 0 Å². The Kier molecular flexibility index (Phi) is 4.08. The highest BCUT2D eigenvalue weighted by atomic mass is 35.5. The Bertz CT molecular complexity index is 1080. The summed E-state index contributed by atoms with van der Waals surface area (Å²) in [5.41, 5.74) is 3.97. The molecule has 2 nitrogen and oxygen atoms in total. The van der Waals surface area contributed by atoms with E-state index in [4.69, 9.17) is 23.2 Å². The smallest absolute Gasteiger partial charge is 0.210 e. The van der Waals surface area contributed by atoms with E-state index in [1.807, 2.05) is 65.2 Å². The number of pyridine rings is 1. The first-order chi connectivity index (χ1) is 12.1. The third-order valence-electron chi connectivity index (χ3n) is 4.16. The minimum atomic E-state index is -0.0939. The average molecular weight is 366 g/mol. The Morgan fingerprint density at radius 2 is 1.56 bits per heavy atom. The van der Waals surface area contributed by atoms with Crippen LogP contribution in [-0.4, -0.2) is 10.2 Å². The van der Waals surface area contributed by atoms with Gasteiger partial charge < -0.3 is 4.40 Å². The SMILES string of the molecule is O=C(c1ccc(Cl)c(Cl)c1)c1c(-c2ccccc2)cc2ccccn12. The van der Waals surface area contributed by atoms with Crippen molar-refractivity contribution in [3.63, 3.8) is 0 Å². The van der Waals surface area contributed by atoms with E-state index in [0.29, 0.717) is 21.3 Å². The summed E-state index contributed by atoms with van der Waals surface area (Å²) in [5, 5.41) is 0.802. The molecule has 4 aromatic rings. The summed E-state index contributed by atoms with van der Waals surface area (Å²) < 4.78 is 1.91. The van der Waals surface area contributed by atoms with E-state index in [1.54, 1.807) is 18.2 Å². The van der Waals surface area contributed by atoms with Gasteiger partial charge in [0.25, 0.3) is 0 Å². The van der Waals surface area contributed by atoms with Crippen LogP contribution < -0.4 is 0 Å². The first-order valence-electron chi connectivity index (χ1n) is 7.80. The largest absolute Gasteiger partial charge is 0.313 e. The summed E-state index contributed by atoms with van der Waals surface area (Å²) in [4.78, 5) is 13.3. The molecule has 0 fully saturated rings. The van der Waals surface area contributed by atoms with Gasteiger partial charge in [-0.1, -0.05) is 59.6 Å². The van der Waals surface area contributed by atoms with E-state index in [0.717, 1.165) is 16.6 Å². The maximum absolute atomic E-state index is 13.3. The van der Waals surface area contributed by atoms with E-state index in [-0.39, 0.29) is 5.78 Å². The van der Waals surface area contributed by atoms with E-state index in [1.165, 1.54) is 0 Å². The Morgan fingerprint density at radius 3 is 2.32 bits per heavy atom. The molecule has 2 aromatic heterocycles. The highest BCUT2D eigenvalue weighted by Gasteiger charge is 2.20. The molecule has 4 rings (SSSR count). The first kappa shape index (κ1) is 15.9. The molecule has 0 saturated heterocycles. The second-order valence-electron chi connectivity index (χ2n) is 5.73. The zero-order valence-electron chi connectivity index (χ0n) is 13.1. The summed E-state index contributed by atoms with van der Waals surface area (Å²) in [6, 6.07) is 22.7. The molecule has 0 saturated carbocycles. The average Bonchev–Trinajstić information content (AvgIpc) is 3.03. The normalized spacial score (nSPS) is 11.0. The molecular formula is C21H13Cl2NO. The minimum absolute atomic E-state index is 0.0939. The third-order valence-corrected chi connectivity index (χ3v) is 4.90. The molecule has 0 amide bonds. The zero-order valence-corrected chi connectivity index (χ0v) is 14.6. The molecule has 0 aliphatic carbocycles. The quantitative estimate of drug-likeness (QED) is 0.399. The van der Waals surface area contributed by atoms with Gasteiger partial charge in [-0.15, -0.1) is 0 Å². The van der Waals surface area contributed by atoms with E-state index in [2.05, 4.69) is 0 Å². The summed E-state index contributed by atoms with van der Waals surface area (Å²) in [6.45, 7) is 0. The zero-order chi connectivity index (χ0) is 17.4. The molecule has 2 aromatic carbocycles. The molecule has 0 aliphatic rings. The van der Waals surface area contributed by atoms with Crippen LogP contribution in [0.4, 0.5) is 0 Å². The molecule has 0 radical (unpaired) electrons. The number of carbonyl (C=O) groups is 1. The van der Waals surface area contributed by atoms with Gasteiger partial charge in [0.05, 0.1) is 10.0 Å². The third kappa shape index (κ3) is 2.84. The minimum Gasteiger partial charge on any atom is -0.313 e. The van der Waals surface area contributed by atoms with Gasteiger partial charge in [0.1, 0.15) is 5.69 Å².